The van der Waals surface area contributed by atoms with E-state index >= 15 is 0 Å². The zero-order valence-electron chi connectivity index (χ0n) is 12.6. The van der Waals surface area contributed by atoms with Gasteiger partial charge in [-0.05, 0) is 30.7 Å². The summed E-state index contributed by atoms with van der Waals surface area (Å²) in [4.78, 5) is 4.21. The normalized spacial score (nSPS) is 11.9. The van der Waals surface area contributed by atoms with Crippen molar-refractivity contribution in [3.63, 3.8) is 0 Å². The Morgan fingerprint density at radius 1 is 1.37 bits per heavy atom. The quantitative estimate of drug-likeness (QED) is 0.447. The highest BCUT2D eigenvalue weighted by atomic mass is 15.2. The van der Waals surface area contributed by atoms with Gasteiger partial charge in [0.1, 0.15) is 0 Å². The number of rotatable bonds is 7. The third-order valence-electron chi connectivity index (χ3n) is 2.93. The molecule has 0 saturated heterocycles. The third-order valence-corrected chi connectivity index (χ3v) is 2.93. The van der Waals surface area contributed by atoms with Crippen molar-refractivity contribution in [3.05, 3.63) is 18.0 Å². The van der Waals surface area contributed by atoms with Gasteiger partial charge in [-0.3, -0.25) is 9.67 Å². The van der Waals surface area contributed by atoms with E-state index in [1.807, 2.05) is 25.0 Å². The van der Waals surface area contributed by atoms with Gasteiger partial charge in [-0.2, -0.15) is 5.10 Å². The van der Waals surface area contributed by atoms with Gasteiger partial charge in [-0.25, -0.2) is 0 Å². The number of nitrogens with zero attached hydrogens (tertiary/aromatic N) is 3. The fraction of sp³-hybridized carbons (Fsp3) is 0.714. The lowest BCUT2D eigenvalue weighted by molar-refractivity contribution is 0.573. The van der Waals surface area contributed by atoms with E-state index in [0.29, 0.717) is 0 Å². The summed E-state index contributed by atoms with van der Waals surface area (Å²) in [6, 6.07) is 0. The molecule has 0 spiro atoms. The average Bonchev–Trinajstić information content (AvgIpc) is 2.77. The predicted octanol–water partition coefficient (Wildman–Crippen LogP) is 1.56. The first-order valence-corrected chi connectivity index (χ1v) is 7.04. The van der Waals surface area contributed by atoms with Crippen LogP contribution in [-0.2, 0) is 13.5 Å². The molecule has 0 fully saturated rings. The van der Waals surface area contributed by atoms with Gasteiger partial charge in [0, 0.05) is 33.4 Å². The number of hydrogen-bond donors (Lipinski definition) is 2. The molecule has 0 atom stereocenters. The first kappa shape index (κ1) is 15.5. The Morgan fingerprint density at radius 2 is 2.11 bits per heavy atom. The highest BCUT2D eigenvalue weighted by molar-refractivity contribution is 5.79. The predicted molar refractivity (Wildman–Crippen MR) is 80.3 cm³/mol. The molecule has 1 heterocycles. The van der Waals surface area contributed by atoms with Gasteiger partial charge in [0.2, 0.25) is 0 Å². The van der Waals surface area contributed by atoms with Crippen molar-refractivity contribution in [2.24, 2.45) is 18.0 Å². The van der Waals surface area contributed by atoms with Gasteiger partial charge in [0.05, 0.1) is 6.20 Å². The molecule has 0 aromatic carbocycles. The topological polar surface area (TPSA) is 54.2 Å². The maximum Gasteiger partial charge on any atom is 0.190 e. The molecule has 2 N–H and O–H groups in total. The van der Waals surface area contributed by atoms with E-state index in [1.165, 1.54) is 5.56 Å². The maximum absolute atomic E-state index is 4.21. The second-order valence-corrected chi connectivity index (χ2v) is 5.23. The number of hydrogen-bond acceptors (Lipinski definition) is 2. The fourth-order valence-corrected chi connectivity index (χ4v) is 1.80. The van der Waals surface area contributed by atoms with Crippen molar-refractivity contribution in [2.75, 3.05) is 20.1 Å². The molecule has 0 unspecified atom stereocenters. The smallest absolute Gasteiger partial charge is 0.190 e. The van der Waals surface area contributed by atoms with Crippen molar-refractivity contribution >= 4 is 5.96 Å². The summed E-state index contributed by atoms with van der Waals surface area (Å²) in [7, 11) is 3.76. The molecule has 5 nitrogen and oxygen atoms in total. The lowest BCUT2D eigenvalue weighted by Gasteiger charge is -2.12. The van der Waals surface area contributed by atoms with Crippen LogP contribution in [0, 0.1) is 5.92 Å². The summed E-state index contributed by atoms with van der Waals surface area (Å²) in [5.74, 6) is 1.61. The minimum atomic E-state index is 0.719. The summed E-state index contributed by atoms with van der Waals surface area (Å²) in [5.41, 5.74) is 1.28. The largest absolute Gasteiger partial charge is 0.356 e. The molecule has 1 aromatic rings. The van der Waals surface area contributed by atoms with E-state index < -0.39 is 0 Å². The summed E-state index contributed by atoms with van der Waals surface area (Å²) >= 11 is 0. The molecule has 0 amide bonds. The van der Waals surface area contributed by atoms with Gasteiger partial charge in [0.15, 0.2) is 5.96 Å². The minimum absolute atomic E-state index is 0.719. The van der Waals surface area contributed by atoms with Crippen LogP contribution in [0.15, 0.2) is 17.4 Å². The van der Waals surface area contributed by atoms with Crippen LogP contribution in [0.5, 0.6) is 0 Å². The molecule has 1 rings (SSSR count). The van der Waals surface area contributed by atoms with Crippen LogP contribution < -0.4 is 10.6 Å². The molecule has 0 aliphatic heterocycles. The number of aryl methyl sites for hydroxylation is 2. The van der Waals surface area contributed by atoms with Gasteiger partial charge < -0.3 is 10.6 Å². The Kier molecular flexibility index (Phi) is 7.00. The van der Waals surface area contributed by atoms with Gasteiger partial charge >= 0.3 is 0 Å². The Labute approximate surface area is 116 Å². The summed E-state index contributed by atoms with van der Waals surface area (Å²) in [6.45, 7) is 6.35. The van der Waals surface area contributed by atoms with E-state index in [9.17, 15) is 0 Å². The molecular weight excluding hydrogens is 238 g/mol. The highest BCUT2D eigenvalue weighted by Gasteiger charge is 1.99. The van der Waals surface area contributed by atoms with Crippen LogP contribution in [0.3, 0.4) is 0 Å². The van der Waals surface area contributed by atoms with E-state index in [-0.39, 0.29) is 0 Å². The molecule has 0 radical (unpaired) electrons. The first-order chi connectivity index (χ1) is 9.11. The van der Waals surface area contributed by atoms with Crippen LogP contribution in [0.2, 0.25) is 0 Å². The van der Waals surface area contributed by atoms with Gasteiger partial charge in [-0.1, -0.05) is 13.8 Å². The second kappa shape index (κ2) is 8.56. The average molecular weight is 265 g/mol. The van der Waals surface area contributed by atoms with Crippen molar-refractivity contribution in [1.29, 1.82) is 0 Å². The molecule has 5 heteroatoms. The molecule has 0 saturated carbocycles. The number of aromatic nitrogens is 2. The highest BCUT2D eigenvalue weighted by Crippen LogP contribution is 2.00. The summed E-state index contributed by atoms with van der Waals surface area (Å²) in [5, 5.41) is 10.8. The van der Waals surface area contributed by atoms with E-state index in [2.05, 4.69) is 40.8 Å². The van der Waals surface area contributed by atoms with Crippen LogP contribution in [0.1, 0.15) is 32.3 Å². The van der Waals surface area contributed by atoms with Crippen molar-refractivity contribution in [1.82, 2.24) is 20.4 Å². The Hall–Kier alpha value is -1.52. The van der Waals surface area contributed by atoms with Crippen LogP contribution in [0.25, 0.3) is 0 Å². The van der Waals surface area contributed by atoms with Gasteiger partial charge in [-0.15, -0.1) is 0 Å². The van der Waals surface area contributed by atoms with Crippen LogP contribution in [0.4, 0.5) is 0 Å². The Morgan fingerprint density at radius 3 is 2.68 bits per heavy atom. The maximum atomic E-state index is 4.21. The first-order valence-electron chi connectivity index (χ1n) is 7.04. The van der Waals surface area contributed by atoms with Crippen molar-refractivity contribution in [2.45, 2.75) is 33.1 Å². The van der Waals surface area contributed by atoms with E-state index in [4.69, 9.17) is 0 Å². The molecule has 0 aliphatic rings. The summed E-state index contributed by atoms with van der Waals surface area (Å²) in [6.07, 6.45) is 7.28. The summed E-state index contributed by atoms with van der Waals surface area (Å²) < 4.78 is 1.84. The Bertz CT molecular complexity index is 381. The van der Waals surface area contributed by atoms with Crippen LogP contribution in [-0.4, -0.2) is 35.9 Å². The van der Waals surface area contributed by atoms with Crippen molar-refractivity contribution < 1.29 is 0 Å². The third kappa shape index (κ3) is 6.84. The second-order valence-electron chi connectivity index (χ2n) is 5.23. The molecule has 0 aliphatic carbocycles. The number of guanidine groups is 1. The standard InChI is InChI=1S/C14H27N5/c1-12(2)7-9-17-14(15-3)16-8-5-6-13-10-18-19(4)11-13/h10-12H,5-9H2,1-4H3,(H2,15,16,17). The Balaban J connectivity index is 2.12. The number of aliphatic imine (C=N–C) groups is 1. The monoisotopic (exact) mass is 265 g/mol. The van der Waals surface area contributed by atoms with Gasteiger partial charge in [0.25, 0.3) is 0 Å². The van der Waals surface area contributed by atoms with Crippen LogP contribution >= 0.6 is 0 Å². The molecular formula is C14H27N5. The lowest BCUT2D eigenvalue weighted by atomic mass is 10.1. The fourth-order valence-electron chi connectivity index (χ4n) is 1.80. The molecule has 108 valence electrons. The zero-order chi connectivity index (χ0) is 14.1. The number of nitrogens with one attached hydrogen (secondary N) is 2. The van der Waals surface area contributed by atoms with E-state index in [0.717, 1.165) is 44.2 Å². The SMILES string of the molecule is CN=C(NCCCc1cnn(C)c1)NCCC(C)C. The lowest BCUT2D eigenvalue weighted by Crippen LogP contribution is -2.38. The van der Waals surface area contributed by atoms with Crippen molar-refractivity contribution in [3.8, 4) is 0 Å². The molecule has 0 bridgehead atoms. The minimum Gasteiger partial charge on any atom is -0.356 e. The molecule has 1 aromatic heterocycles. The van der Waals surface area contributed by atoms with E-state index in [1.54, 1.807) is 0 Å². The zero-order valence-corrected chi connectivity index (χ0v) is 12.6. The molecule has 19 heavy (non-hydrogen) atoms.